The number of nitrogens with zero attached hydrogens (tertiary/aromatic N) is 2. The fourth-order valence-corrected chi connectivity index (χ4v) is 3.61. The number of para-hydroxylation sites is 1. The number of rotatable bonds is 8. The molecule has 156 valence electrons. The van der Waals surface area contributed by atoms with E-state index in [1.807, 2.05) is 54.6 Å². The van der Waals surface area contributed by atoms with Crippen LogP contribution in [0.2, 0.25) is 0 Å². The summed E-state index contributed by atoms with van der Waals surface area (Å²) in [7, 11) is 0. The molecule has 0 saturated carbocycles. The van der Waals surface area contributed by atoms with E-state index in [4.69, 9.17) is 9.47 Å². The van der Waals surface area contributed by atoms with Crippen LogP contribution in [0.1, 0.15) is 11.1 Å². The van der Waals surface area contributed by atoms with Crippen molar-refractivity contribution in [2.75, 3.05) is 39.5 Å². The molecule has 1 N–H and O–H groups in total. The van der Waals surface area contributed by atoms with Crippen molar-refractivity contribution >= 4 is 16.8 Å². The van der Waals surface area contributed by atoms with Crippen molar-refractivity contribution in [2.45, 2.75) is 13.0 Å². The predicted octanol–water partition coefficient (Wildman–Crippen LogP) is 2.80. The third kappa shape index (κ3) is 5.55. The molecule has 0 radical (unpaired) electrons. The van der Waals surface area contributed by atoms with Crippen LogP contribution in [-0.4, -0.2) is 55.2 Å². The predicted molar refractivity (Wildman–Crippen MR) is 116 cm³/mol. The normalized spacial score (nSPS) is 14.5. The molecule has 6 heteroatoms. The minimum atomic E-state index is -0.0215. The van der Waals surface area contributed by atoms with E-state index in [2.05, 4.69) is 15.2 Å². The fraction of sp³-hybridized carbons (Fsp3) is 0.333. The van der Waals surface area contributed by atoms with Crippen LogP contribution in [-0.2, 0) is 22.5 Å². The second-order valence-electron chi connectivity index (χ2n) is 7.40. The number of nitrogens with one attached hydrogen (secondary N) is 1. The number of ether oxygens (including phenoxy) is 2. The number of carbonyl (C=O) groups is 1. The lowest BCUT2D eigenvalue weighted by molar-refractivity contribution is -0.120. The number of pyridine rings is 1. The van der Waals surface area contributed by atoms with Gasteiger partial charge in [0.25, 0.3) is 0 Å². The Kier molecular flexibility index (Phi) is 6.90. The maximum atomic E-state index is 12.5. The Hall–Kier alpha value is -2.96. The summed E-state index contributed by atoms with van der Waals surface area (Å²) in [4.78, 5) is 19.2. The summed E-state index contributed by atoms with van der Waals surface area (Å²) in [5.41, 5.74) is 2.83. The monoisotopic (exact) mass is 405 g/mol. The van der Waals surface area contributed by atoms with Crippen LogP contribution in [0.3, 0.4) is 0 Å². The summed E-state index contributed by atoms with van der Waals surface area (Å²) in [5, 5.41) is 4.05. The van der Waals surface area contributed by atoms with E-state index >= 15 is 0 Å². The summed E-state index contributed by atoms with van der Waals surface area (Å²) < 4.78 is 11.3. The van der Waals surface area contributed by atoms with Gasteiger partial charge in [-0.1, -0.05) is 36.4 Å². The first-order valence-corrected chi connectivity index (χ1v) is 10.4. The Bertz CT molecular complexity index is 981. The molecule has 2 aromatic carbocycles. The fourth-order valence-electron chi connectivity index (χ4n) is 3.61. The Balaban J connectivity index is 1.27. The largest absolute Gasteiger partial charge is 0.492 e. The van der Waals surface area contributed by atoms with Crippen LogP contribution >= 0.6 is 0 Å². The van der Waals surface area contributed by atoms with E-state index in [0.29, 0.717) is 19.6 Å². The molecule has 2 heterocycles. The lowest BCUT2D eigenvalue weighted by Gasteiger charge is -2.26. The molecule has 1 aromatic heterocycles. The highest BCUT2D eigenvalue weighted by molar-refractivity contribution is 5.87. The van der Waals surface area contributed by atoms with Crippen LogP contribution in [0.15, 0.2) is 60.8 Å². The lowest BCUT2D eigenvalue weighted by Crippen LogP contribution is -2.38. The summed E-state index contributed by atoms with van der Waals surface area (Å²) in [6.45, 7) is 5.52. The smallest absolute Gasteiger partial charge is 0.224 e. The minimum Gasteiger partial charge on any atom is -0.492 e. The number of hydrogen-bond donors (Lipinski definition) is 1. The number of amides is 1. The van der Waals surface area contributed by atoms with Crippen LogP contribution in [0, 0.1) is 0 Å². The van der Waals surface area contributed by atoms with Gasteiger partial charge in [0, 0.05) is 37.8 Å². The first-order valence-electron chi connectivity index (χ1n) is 10.4. The van der Waals surface area contributed by atoms with Crippen molar-refractivity contribution in [1.29, 1.82) is 0 Å². The van der Waals surface area contributed by atoms with Gasteiger partial charge < -0.3 is 14.8 Å². The van der Waals surface area contributed by atoms with Crippen molar-refractivity contribution in [3.63, 3.8) is 0 Å². The molecular formula is C24H27N3O3. The number of fused-ring (bicyclic) bond motifs is 1. The number of benzene rings is 2. The van der Waals surface area contributed by atoms with Gasteiger partial charge in [0.2, 0.25) is 5.91 Å². The van der Waals surface area contributed by atoms with Crippen molar-refractivity contribution in [3.05, 3.63) is 71.9 Å². The zero-order chi connectivity index (χ0) is 20.6. The number of aromatic nitrogens is 1. The van der Waals surface area contributed by atoms with Gasteiger partial charge in [0.1, 0.15) is 12.4 Å². The molecule has 1 saturated heterocycles. The molecule has 1 aliphatic rings. The highest BCUT2D eigenvalue weighted by Gasteiger charge is 2.10. The van der Waals surface area contributed by atoms with Gasteiger partial charge >= 0.3 is 0 Å². The number of morpholine rings is 1. The molecule has 3 aromatic rings. The molecule has 0 aliphatic carbocycles. The van der Waals surface area contributed by atoms with Gasteiger partial charge in [-0.05, 0) is 29.3 Å². The number of carbonyl (C=O) groups excluding carboxylic acids is 1. The Morgan fingerprint density at radius 3 is 2.83 bits per heavy atom. The molecule has 1 fully saturated rings. The summed E-state index contributed by atoms with van der Waals surface area (Å²) in [6, 6.07) is 17.7. The van der Waals surface area contributed by atoms with Crippen molar-refractivity contribution in [3.8, 4) is 5.75 Å². The molecule has 6 nitrogen and oxygen atoms in total. The average molecular weight is 405 g/mol. The topological polar surface area (TPSA) is 63.7 Å². The Morgan fingerprint density at radius 1 is 1.10 bits per heavy atom. The molecule has 4 rings (SSSR count). The zero-order valence-electron chi connectivity index (χ0n) is 17.0. The summed E-state index contributed by atoms with van der Waals surface area (Å²) >= 11 is 0. The molecule has 1 aliphatic heterocycles. The third-order valence-electron chi connectivity index (χ3n) is 5.24. The van der Waals surface area contributed by atoms with Gasteiger partial charge in [-0.2, -0.15) is 0 Å². The Labute approximate surface area is 176 Å². The van der Waals surface area contributed by atoms with Crippen LogP contribution < -0.4 is 10.1 Å². The van der Waals surface area contributed by atoms with Gasteiger partial charge in [-0.25, -0.2) is 0 Å². The van der Waals surface area contributed by atoms with Gasteiger partial charge in [-0.15, -0.1) is 0 Å². The van der Waals surface area contributed by atoms with E-state index in [1.165, 1.54) is 0 Å². The summed E-state index contributed by atoms with van der Waals surface area (Å²) in [5.74, 6) is 0.806. The van der Waals surface area contributed by atoms with E-state index in [0.717, 1.165) is 60.6 Å². The molecule has 0 unspecified atom stereocenters. The van der Waals surface area contributed by atoms with Crippen molar-refractivity contribution < 1.29 is 14.3 Å². The quantitative estimate of drug-likeness (QED) is 0.624. The second-order valence-corrected chi connectivity index (χ2v) is 7.40. The first-order chi connectivity index (χ1) is 14.8. The highest BCUT2D eigenvalue weighted by atomic mass is 16.5. The standard InChI is InChI=1S/C24H27N3O3/c28-23(17-21-6-2-5-20-7-3-9-25-24(20)21)26-18-19-4-1-8-22(16-19)30-15-12-27-10-13-29-14-11-27/h1-9,16H,10-15,17-18H2,(H,26,28). The maximum absolute atomic E-state index is 12.5. The first kappa shape index (κ1) is 20.3. The third-order valence-corrected chi connectivity index (χ3v) is 5.24. The maximum Gasteiger partial charge on any atom is 0.224 e. The molecule has 1 amide bonds. The van der Waals surface area contributed by atoms with Gasteiger partial charge in [0.05, 0.1) is 25.2 Å². The summed E-state index contributed by atoms with van der Waals surface area (Å²) in [6.07, 6.45) is 2.07. The molecule has 30 heavy (non-hydrogen) atoms. The molecule has 0 bridgehead atoms. The van der Waals surface area contributed by atoms with E-state index in [-0.39, 0.29) is 5.91 Å². The average Bonchev–Trinajstić information content (AvgIpc) is 2.79. The minimum absolute atomic E-state index is 0.0215. The van der Waals surface area contributed by atoms with E-state index in [1.54, 1.807) is 6.20 Å². The van der Waals surface area contributed by atoms with Crippen LogP contribution in [0.4, 0.5) is 0 Å². The van der Waals surface area contributed by atoms with Crippen molar-refractivity contribution in [1.82, 2.24) is 15.2 Å². The Morgan fingerprint density at radius 2 is 1.93 bits per heavy atom. The SMILES string of the molecule is O=C(Cc1cccc2cccnc12)NCc1cccc(OCCN2CCOCC2)c1. The molecule has 0 spiro atoms. The van der Waals surface area contributed by atoms with Gasteiger partial charge in [-0.3, -0.25) is 14.7 Å². The van der Waals surface area contributed by atoms with E-state index < -0.39 is 0 Å². The zero-order valence-corrected chi connectivity index (χ0v) is 17.0. The second kappa shape index (κ2) is 10.2. The van der Waals surface area contributed by atoms with Crippen LogP contribution in [0.5, 0.6) is 5.75 Å². The van der Waals surface area contributed by atoms with Gasteiger partial charge in [0.15, 0.2) is 0 Å². The molecular weight excluding hydrogens is 378 g/mol. The molecule has 0 atom stereocenters. The highest BCUT2D eigenvalue weighted by Crippen LogP contribution is 2.17. The van der Waals surface area contributed by atoms with Crippen LogP contribution in [0.25, 0.3) is 10.9 Å². The van der Waals surface area contributed by atoms with Crippen molar-refractivity contribution in [2.24, 2.45) is 0 Å². The number of hydrogen-bond acceptors (Lipinski definition) is 5. The van der Waals surface area contributed by atoms with E-state index in [9.17, 15) is 4.79 Å². The lowest BCUT2D eigenvalue weighted by atomic mass is 10.1.